The van der Waals surface area contributed by atoms with Gasteiger partial charge in [-0.3, -0.25) is 4.79 Å². The van der Waals surface area contributed by atoms with Crippen molar-refractivity contribution in [1.29, 1.82) is 0 Å². The number of hydrogen-bond donors (Lipinski definition) is 0. The highest BCUT2D eigenvalue weighted by Crippen LogP contribution is 2.36. The number of amides is 1. The Balaban J connectivity index is 1.54. The summed E-state index contributed by atoms with van der Waals surface area (Å²) in [5.74, 6) is 0.548. The number of rotatable bonds is 4. The third kappa shape index (κ3) is 3.77. The van der Waals surface area contributed by atoms with Gasteiger partial charge in [-0.2, -0.15) is 0 Å². The van der Waals surface area contributed by atoms with Gasteiger partial charge in [0.2, 0.25) is 5.91 Å². The van der Waals surface area contributed by atoms with Gasteiger partial charge in [0.1, 0.15) is 11.4 Å². The van der Waals surface area contributed by atoms with Gasteiger partial charge in [0.05, 0.1) is 5.71 Å². The van der Waals surface area contributed by atoms with Crippen molar-refractivity contribution in [3.05, 3.63) is 35.6 Å². The molecule has 0 N–H and O–H groups in total. The maximum atomic E-state index is 13.0. The van der Waals surface area contributed by atoms with Gasteiger partial charge < -0.3 is 9.74 Å². The summed E-state index contributed by atoms with van der Waals surface area (Å²) in [5.41, 5.74) is 1.48. The molecule has 4 nitrogen and oxygen atoms in total. The molecule has 2 aliphatic rings. The molecule has 1 aromatic carbocycles. The molecule has 1 saturated heterocycles. The predicted octanol–water partition coefficient (Wildman–Crippen LogP) is 3.75. The lowest BCUT2D eigenvalue weighted by atomic mass is 9.85. The first-order chi connectivity index (χ1) is 11.5. The van der Waals surface area contributed by atoms with Crippen LogP contribution in [-0.2, 0) is 9.63 Å². The van der Waals surface area contributed by atoms with Crippen molar-refractivity contribution in [3.8, 4) is 0 Å². The summed E-state index contributed by atoms with van der Waals surface area (Å²) in [6.07, 6.45) is 3.90. The Hall–Kier alpha value is -1.91. The highest BCUT2D eigenvalue weighted by molar-refractivity contribution is 6.01. The monoisotopic (exact) mass is 332 g/mol. The van der Waals surface area contributed by atoms with Gasteiger partial charge in [0.15, 0.2) is 0 Å². The van der Waals surface area contributed by atoms with Gasteiger partial charge in [-0.15, -0.1) is 0 Å². The second kappa shape index (κ2) is 6.91. The van der Waals surface area contributed by atoms with E-state index in [1.54, 1.807) is 12.1 Å². The average Bonchev–Trinajstić information content (AvgIpc) is 2.98. The minimum atomic E-state index is -0.293. The fourth-order valence-corrected chi connectivity index (χ4v) is 3.32. The minimum Gasteiger partial charge on any atom is -0.388 e. The summed E-state index contributed by atoms with van der Waals surface area (Å²) < 4.78 is 13.0. The van der Waals surface area contributed by atoms with Crippen LogP contribution in [0, 0.1) is 11.7 Å². The Bertz CT molecular complexity index is 617. The number of likely N-dealkylation sites (tertiary alicyclic amines) is 1. The van der Waals surface area contributed by atoms with Crippen molar-refractivity contribution in [1.82, 2.24) is 4.90 Å². The zero-order chi connectivity index (χ0) is 17.2. The van der Waals surface area contributed by atoms with Crippen molar-refractivity contribution in [2.45, 2.75) is 51.6 Å². The van der Waals surface area contributed by atoms with Crippen LogP contribution in [0.2, 0.25) is 0 Å². The highest BCUT2D eigenvalue weighted by Gasteiger charge is 2.43. The Morgan fingerprint density at radius 3 is 2.58 bits per heavy atom. The lowest BCUT2D eigenvalue weighted by molar-refractivity contribution is -0.137. The smallest absolute Gasteiger partial charge is 0.222 e. The van der Waals surface area contributed by atoms with Crippen LogP contribution in [0.1, 0.15) is 51.5 Å². The molecule has 0 saturated carbocycles. The van der Waals surface area contributed by atoms with E-state index in [4.69, 9.17) is 4.84 Å². The SMILES string of the molecule is CC(C)CCC(=O)N1CCC2(CC1)CC(c1ccc(F)cc1)=NO2. The van der Waals surface area contributed by atoms with Crippen LogP contribution in [-0.4, -0.2) is 35.2 Å². The van der Waals surface area contributed by atoms with E-state index >= 15 is 0 Å². The topological polar surface area (TPSA) is 41.9 Å². The molecule has 1 fully saturated rings. The summed E-state index contributed by atoms with van der Waals surface area (Å²) in [4.78, 5) is 20.0. The number of piperidine rings is 1. The van der Waals surface area contributed by atoms with Gasteiger partial charge in [0, 0.05) is 38.8 Å². The Morgan fingerprint density at radius 2 is 1.96 bits per heavy atom. The fraction of sp³-hybridized carbons (Fsp3) is 0.579. The first-order valence-corrected chi connectivity index (χ1v) is 8.76. The molecule has 0 unspecified atom stereocenters. The van der Waals surface area contributed by atoms with E-state index in [1.807, 2.05) is 4.90 Å². The minimum absolute atomic E-state index is 0.247. The lowest BCUT2D eigenvalue weighted by Gasteiger charge is -2.37. The molecule has 1 amide bonds. The molecule has 0 atom stereocenters. The molecule has 0 bridgehead atoms. The van der Waals surface area contributed by atoms with Crippen LogP contribution < -0.4 is 0 Å². The van der Waals surface area contributed by atoms with E-state index in [0.717, 1.165) is 50.0 Å². The van der Waals surface area contributed by atoms with E-state index in [0.29, 0.717) is 12.3 Å². The first-order valence-electron chi connectivity index (χ1n) is 8.76. The largest absolute Gasteiger partial charge is 0.388 e. The number of benzene rings is 1. The molecule has 0 aromatic heterocycles. The van der Waals surface area contributed by atoms with E-state index in [-0.39, 0.29) is 17.3 Å². The van der Waals surface area contributed by atoms with E-state index in [1.165, 1.54) is 12.1 Å². The van der Waals surface area contributed by atoms with Crippen LogP contribution in [0.4, 0.5) is 4.39 Å². The van der Waals surface area contributed by atoms with Crippen LogP contribution >= 0.6 is 0 Å². The molecule has 0 aliphatic carbocycles. The number of nitrogens with zero attached hydrogens (tertiary/aromatic N) is 2. The van der Waals surface area contributed by atoms with E-state index < -0.39 is 0 Å². The van der Waals surface area contributed by atoms with Gasteiger partial charge in [-0.05, 0) is 30.0 Å². The van der Waals surface area contributed by atoms with E-state index in [2.05, 4.69) is 19.0 Å². The molecule has 24 heavy (non-hydrogen) atoms. The Morgan fingerprint density at radius 1 is 1.29 bits per heavy atom. The maximum absolute atomic E-state index is 13.0. The lowest BCUT2D eigenvalue weighted by Crippen LogP contribution is -2.46. The third-order valence-electron chi connectivity index (χ3n) is 4.98. The van der Waals surface area contributed by atoms with E-state index in [9.17, 15) is 9.18 Å². The molecule has 0 radical (unpaired) electrons. The summed E-state index contributed by atoms with van der Waals surface area (Å²) in [6.45, 7) is 5.73. The van der Waals surface area contributed by atoms with Crippen LogP contribution in [0.3, 0.4) is 0 Å². The third-order valence-corrected chi connectivity index (χ3v) is 4.98. The molecule has 1 aromatic rings. The highest BCUT2D eigenvalue weighted by atomic mass is 19.1. The van der Waals surface area contributed by atoms with Crippen molar-refractivity contribution in [2.24, 2.45) is 11.1 Å². The summed E-state index contributed by atoms with van der Waals surface area (Å²) >= 11 is 0. The van der Waals surface area contributed by atoms with Crippen molar-refractivity contribution < 1.29 is 14.0 Å². The average molecular weight is 332 g/mol. The second-order valence-corrected chi connectivity index (χ2v) is 7.31. The molecule has 1 spiro atoms. The maximum Gasteiger partial charge on any atom is 0.222 e. The van der Waals surface area contributed by atoms with Crippen molar-refractivity contribution >= 4 is 11.6 Å². The molecule has 130 valence electrons. The van der Waals surface area contributed by atoms with Crippen LogP contribution in [0.25, 0.3) is 0 Å². The van der Waals surface area contributed by atoms with Crippen molar-refractivity contribution in [3.63, 3.8) is 0 Å². The second-order valence-electron chi connectivity index (χ2n) is 7.31. The Labute approximate surface area is 142 Å². The van der Waals surface area contributed by atoms with Crippen LogP contribution in [0.15, 0.2) is 29.4 Å². The molecule has 2 heterocycles. The molecular weight excluding hydrogens is 307 g/mol. The number of halogens is 1. The molecule has 2 aliphatic heterocycles. The standard InChI is InChI=1S/C19H25FN2O2/c1-14(2)3-8-18(23)22-11-9-19(10-12-22)13-17(21-24-19)15-4-6-16(20)7-5-15/h4-7,14H,3,8-13H2,1-2H3. The van der Waals surface area contributed by atoms with Crippen molar-refractivity contribution in [2.75, 3.05) is 13.1 Å². The normalized spacial score (nSPS) is 19.5. The summed E-state index contributed by atoms with van der Waals surface area (Å²) in [5, 5.41) is 4.23. The first kappa shape index (κ1) is 16.9. The molecule has 5 heteroatoms. The van der Waals surface area contributed by atoms with Gasteiger partial charge in [0.25, 0.3) is 0 Å². The molecule has 3 rings (SSSR count). The number of oxime groups is 1. The predicted molar refractivity (Wildman–Crippen MR) is 91.3 cm³/mol. The Kier molecular flexibility index (Phi) is 4.88. The number of carbonyl (C=O) groups is 1. The van der Waals surface area contributed by atoms with Gasteiger partial charge in [-0.25, -0.2) is 4.39 Å². The zero-order valence-electron chi connectivity index (χ0n) is 14.4. The number of carbonyl (C=O) groups excluding carboxylic acids is 1. The van der Waals surface area contributed by atoms with Gasteiger partial charge >= 0.3 is 0 Å². The summed E-state index contributed by atoms with van der Waals surface area (Å²) in [6, 6.07) is 6.36. The fourth-order valence-electron chi connectivity index (χ4n) is 3.32. The molecular formula is C19H25FN2O2. The zero-order valence-corrected chi connectivity index (χ0v) is 14.4. The number of hydrogen-bond acceptors (Lipinski definition) is 3. The van der Waals surface area contributed by atoms with Gasteiger partial charge in [-0.1, -0.05) is 31.1 Å². The summed E-state index contributed by atoms with van der Waals surface area (Å²) in [7, 11) is 0. The quantitative estimate of drug-likeness (QED) is 0.843. The van der Waals surface area contributed by atoms with Crippen LogP contribution in [0.5, 0.6) is 0 Å².